The molecule has 0 aromatic carbocycles. The summed E-state index contributed by atoms with van der Waals surface area (Å²) >= 11 is -0.655. The van der Waals surface area contributed by atoms with Gasteiger partial charge in [0.05, 0.1) is 0 Å². The molecule has 1 saturated heterocycles. The first-order valence-corrected chi connectivity index (χ1v) is 10.5. The van der Waals surface area contributed by atoms with Crippen LogP contribution < -0.4 is 0 Å². The monoisotopic (exact) mass is 301 g/mol. The van der Waals surface area contributed by atoms with Crippen molar-refractivity contribution in [3.05, 3.63) is 0 Å². The van der Waals surface area contributed by atoms with E-state index in [1.165, 1.54) is 17.7 Å². The van der Waals surface area contributed by atoms with E-state index in [1.807, 2.05) is 0 Å². The summed E-state index contributed by atoms with van der Waals surface area (Å²) in [6, 6.07) is 0. The van der Waals surface area contributed by atoms with Crippen LogP contribution in [0.25, 0.3) is 0 Å². The number of carboxylic acid groups (broad SMARTS) is 2. The summed E-state index contributed by atoms with van der Waals surface area (Å²) in [5, 5.41) is 15.7. The van der Waals surface area contributed by atoms with Gasteiger partial charge in [-0.3, -0.25) is 0 Å². The van der Waals surface area contributed by atoms with Gasteiger partial charge in [0.15, 0.2) is 0 Å². The standard InChI is InChI=1S/C4H6O4S2.Sb/c5-3(6)1(9)2(10)4(7)8;/h1-2,9-10H,(H,5,6)(H,7,8);/q;+2/p-2. The van der Waals surface area contributed by atoms with E-state index in [-0.39, 0.29) is 0 Å². The van der Waals surface area contributed by atoms with Gasteiger partial charge in [0, 0.05) is 0 Å². The van der Waals surface area contributed by atoms with Crippen LogP contribution in [0.15, 0.2) is 0 Å². The third-order valence-electron chi connectivity index (χ3n) is 1.07. The fourth-order valence-corrected chi connectivity index (χ4v) is 13.6. The normalized spacial score (nSPS) is 30.2. The van der Waals surface area contributed by atoms with Crippen LogP contribution in [0.1, 0.15) is 0 Å². The van der Waals surface area contributed by atoms with Gasteiger partial charge in [-0.15, -0.1) is 0 Å². The molecule has 2 N–H and O–H groups in total. The van der Waals surface area contributed by atoms with Crippen LogP contribution in [-0.4, -0.2) is 51.5 Å². The second-order valence-corrected chi connectivity index (χ2v) is 11.3. The fraction of sp³-hybridized carbons (Fsp3) is 0.500. The third kappa shape index (κ3) is 2.20. The van der Waals surface area contributed by atoms with Gasteiger partial charge in [-0.25, -0.2) is 0 Å². The summed E-state index contributed by atoms with van der Waals surface area (Å²) < 4.78 is 0. The Morgan fingerprint density at radius 3 is 1.73 bits per heavy atom. The number of hydrogen-bond donors (Lipinski definition) is 2. The molecule has 4 nitrogen and oxygen atoms in total. The van der Waals surface area contributed by atoms with E-state index in [0.29, 0.717) is 0 Å². The van der Waals surface area contributed by atoms with Crippen LogP contribution in [-0.2, 0) is 9.59 Å². The Hall–Kier alpha value is 0.458. The number of aliphatic carboxylic acids is 2. The van der Waals surface area contributed by atoms with Crippen LogP contribution in [0.3, 0.4) is 0 Å². The van der Waals surface area contributed by atoms with Crippen molar-refractivity contribution in [2.45, 2.75) is 10.5 Å². The first-order chi connectivity index (χ1) is 5.13. The molecule has 0 aliphatic carbocycles. The van der Waals surface area contributed by atoms with E-state index in [9.17, 15) is 9.59 Å². The topological polar surface area (TPSA) is 74.6 Å². The molecule has 1 radical (unpaired) electrons. The van der Waals surface area contributed by atoms with Crippen molar-refractivity contribution in [3.63, 3.8) is 0 Å². The summed E-state index contributed by atoms with van der Waals surface area (Å²) in [6.07, 6.45) is 0. The first-order valence-electron chi connectivity index (χ1n) is 2.60. The molecule has 0 bridgehead atoms. The minimum absolute atomic E-state index is 0.655. The van der Waals surface area contributed by atoms with Gasteiger partial charge < -0.3 is 0 Å². The molecule has 1 aliphatic heterocycles. The van der Waals surface area contributed by atoms with Gasteiger partial charge in [0.2, 0.25) is 0 Å². The zero-order valence-corrected chi connectivity index (χ0v) is 9.32. The Labute approximate surface area is 78.5 Å². The predicted molar refractivity (Wildman–Crippen MR) is 43.8 cm³/mol. The van der Waals surface area contributed by atoms with E-state index in [1.54, 1.807) is 0 Å². The van der Waals surface area contributed by atoms with Crippen LogP contribution in [0, 0.1) is 0 Å². The molecule has 1 fully saturated rings. The van der Waals surface area contributed by atoms with Crippen LogP contribution >= 0.6 is 17.7 Å². The maximum absolute atomic E-state index is 10.4. The number of rotatable bonds is 2. The molecule has 61 valence electrons. The number of hydrogen-bond acceptors (Lipinski definition) is 4. The van der Waals surface area contributed by atoms with Crippen LogP contribution in [0.4, 0.5) is 0 Å². The molecular formula is C4H4O4S2Sb. The maximum atomic E-state index is 10.4. The molecule has 1 aliphatic rings. The average Bonchev–Trinajstić information content (AvgIpc) is 2.32. The zero-order chi connectivity index (χ0) is 8.43. The van der Waals surface area contributed by atoms with E-state index in [4.69, 9.17) is 10.2 Å². The van der Waals surface area contributed by atoms with Gasteiger partial charge in [0.25, 0.3) is 0 Å². The van der Waals surface area contributed by atoms with Crippen molar-refractivity contribution in [1.29, 1.82) is 0 Å². The minimum atomic E-state index is -0.997. The Bertz CT molecular complexity index is 177. The van der Waals surface area contributed by atoms with E-state index < -0.39 is 41.3 Å². The quantitative estimate of drug-likeness (QED) is 0.694. The molecule has 1 heterocycles. The number of carboxylic acids is 2. The van der Waals surface area contributed by atoms with Crippen molar-refractivity contribution in [2.24, 2.45) is 0 Å². The molecule has 0 spiro atoms. The Morgan fingerprint density at radius 1 is 1.09 bits per heavy atom. The molecule has 2 atom stereocenters. The first kappa shape index (κ1) is 9.55. The molecule has 0 aromatic heterocycles. The van der Waals surface area contributed by atoms with Crippen LogP contribution in [0.5, 0.6) is 0 Å². The second-order valence-electron chi connectivity index (χ2n) is 1.80. The van der Waals surface area contributed by atoms with Gasteiger partial charge >= 0.3 is 78.8 Å². The summed E-state index contributed by atoms with van der Waals surface area (Å²) in [5.74, 6) is -1.99. The second kappa shape index (κ2) is 3.92. The van der Waals surface area contributed by atoms with Gasteiger partial charge in [-0.2, -0.15) is 0 Å². The van der Waals surface area contributed by atoms with Crippen molar-refractivity contribution < 1.29 is 19.8 Å². The summed E-state index contributed by atoms with van der Waals surface area (Å²) in [7, 11) is 2.64. The van der Waals surface area contributed by atoms with Crippen molar-refractivity contribution in [3.8, 4) is 0 Å². The van der Waals surface area contributed by atoms with Gasteiger partial charge in [-0.1, -0.05) is 0 Å². The number of carbonyl (C=O) groups is 2. The molecule has 0 amide bonds. The predicted octanol–water partition coefficient (Wildman–Crippen LogP) is -0.0930. The van der Waals surface area contributed by atoms with E-state index in [2.05, 4.69) is 0 Å². The van der Waals surface area contributed by atoms with E-state index >= 15 is 0 Å². The molecule has 2 unspecified atom stereocenters. The fourth-order valence-electron chi connectivity index (χ4n) is 0.577. The average molecular weight is 302 g/mol. The Kier molecular flexibility index (Phi) is 3.40. The zero-order valence-electron chi connectivity index (χ0n) is 5.13. The van der Waals surface area contributed by atoms with Crippen molar-refractivity contribution in [1.82, 2.24) is 0 Å². The summed E-state index contributed by atoms with van der Waals surface area (Å²) in [5.41, 5.74) is 0. The SMILES string of the molecule is O=C(O)C1[S][Sb][S]C1C(=O)O. The molecule has 0 aromatic rings. The van der Waals surface area contributed by atoms with Gasteiger partial charge in [-0.05, 0) is 0 Å². The summed E-state index contributed by atoms with van der Waals surface area (Å²) in [4.78, 5) is 20.9. The Morgan fingerprint density at radius 2 is 1.45 bits per heavy atom. The molecule has 7 heteroatoms. The van der Waals surface area contributed by atoms with Crippen LogP contribution in [0.2, 0.25) is 0 Å². The molecule has 0 saturated carbocycles. The third-order valence-corrected chi connectivity index (χ3v) is 11.6. The molecule has 11 heavy (non-hydrogen) atoms. The molecular weight excluding hydrogens is 298 g/mol. The Balaban J connectivity index is 2.65. The van der Waals surface area contributed by atoms with Gasteiger partial charge in [0.1, 0.15) is 0 Å². The summed E-state index contributed by atoms with van der Waals surface area (Å²) in [6.45, 7) is 0. The molecule has 1 rings (SSSR count). The van der Waals surface area contributed by atoms with E-state index in [0.717, 1.165) is 0 Å². The van der Waals surface area contributed by atoms with Crippen molar-refractivity contribution >= 4 is 48.5 Å². The van der Waals surface area contributed by atoms with Crippen molar-refractivity contribution in [2.75, 3.05) is 0 Å².